The molecule has 122 valence electrons. The first-order valence-electron chi connectivity index (χ1n) is 6.95. The van der Waals surface area contributed by atoms with Crippen LogP contribution >= 0.6 is 0 Å². The Hall–Kier alpha value is -3.42. The number of hydrogen-bond acceptors (Lipinski definition) is 6. The number of pyridine rings is 1. The summed E-state index contributed by atoms with van der Waals surface area (Å²) in [5.41, 5.74) is 6.47. The standard InChI is InChI=1S/C16H13N3O5/c1-7-3-4-8(5-9(7)16(23)24-2)19-11(20)6-10-12(13(19)17)15(22)18-14(10)21/h3-6H,17H2,1-2H3,(H,18,21,22). The van der Waals surface area contributed by atoms with E-state index in [4.69, 9.17) is 10.5 Å². The van der Waals surface area contributed by atoms with E-state index in [0.717, 1.165) is 10.6 Å². The van der Waals surface area contributed by atoms with Gasteiger partial charge in [-0.1, -0.05) is 6.07 Å². The lowest BCUT2D eigenvalue weighted by Gasteiger charge is -2.13. The van der Waals surface area contributed by atoms with Crippen molar-refractivity contribution >= 4 is 23.6 Å². The van der Waals surface area contributed by atoms with Crippen LogP contribution in [0, 0.1) is 6.92 Å². The number of benzene rings is 1. The Bertz CT molecular complexity index is 974. The van der Waals surface area contributed by atoms with Gasteiger partial charge in [0.15, 0.2) is 0 Å². The van der Waals surface area contributed by atoms with E-state index in [-0.39, 0.29) is 22.5 Å². The SMILES string of the molecule is COC(=O)c1cc(-n2c(N)c3c(cc2=O)C(=O)NC3=O)ccc1C. The summed E-state index contributed by atoms with van der Waals surface area (Å²) in [5.74, 6) is -2.05. The fourth-order valence-electron chi connectivity index (χ4n) is 2.62. The van der Waals surface area contributed by atoms with Crippen molar-refractivity contribution in [2.75, 3.05) is 12.8 Å². The highest BCUT2D eigenvalue weighted by Gasteiger charge is 2.31. The molecule has 0 radical (unpaired) electrons. The van der Waals surface area contributed by atoms with E-state index >= 15 is 0 Å². The lowest BCUT2D eigenvalue weighted by Crippen LogP contribution is -2.24. The molecule has 0 atom stereocenters. The predicted octanol–water partition coefficient (Wildman–Crippen LogP) is 0.398. The van der Waals surface area contributed by atoms with Gasteiger partial charge in [-0.25, -0.2) is 4.79 Å². The molecule has 0 bridgehead atoms. The molecule has 24 heavy (non-hydrogen) atoms. The largest absolute Gasteiger partial charge is 0.465 e. The topological polar surface area (TPSA) is 120 Å². The minimum atomic E-state index is -0.665. The average molecular weight is 327 g/mol. The van der Waals surface area contributed by atoms with Gasteiger partial charge in [-0.15, -0.1) is 0 Å². The summed E-state index contributed by atoms with van der Waals surface area (Å²) in [4.78, 5) is 47.7. The second kappa shape index (κ2) is 5.34. The van der Waals surface area contributed by atoms with Gasteiger partial charge in [-0.3, -0.25) is 24.3 Å². The fraction of sp³-hybridized carbons (Fsp3) is 0.125. The highest BCUT2D eigenvalue weighted by molar-refractivity contribution is 6.23. The highest BCUT2D eigenvalue weighted by atomic mass is 16.5. The molecule has 2 amide bonds. The van der Waals surface area contributed by atoms with Gasteiger partial charge in [0, 0.05) is 6.07 Å². The predicted molar refractivity (Wildman–Crippen MR) is 84.3 cm³/mol. The number of anilines is 1. The molecule has 3 rings (SSSR count). The smallest absolute Gasteiger partial charge is 0.338 e. The maximum absolute atomic E-state index is 12.4. The third kappa shape index (κ3) is 2.16. The molecule has 8 heteroatoms. The molecule has 2 aromatic rings. The minimum Gasteiger partial charge on any atom is -0.465 e. The van der Waals surface area contributed by atoms with Crippen LogP contribution in [0.1, 0.15) is 36.6 Å². The summed E-state index contributed by atoms with van der Waals surface area (Å²) < 4.78 is 5.78. The fourth-order valence-corrected chi connectivity index (χ4v) is 2.62. The molecular formula is C16H13N3O5. The maximum atomic E-state index is 12.4. The number of ether oxygens (including phenoxy) is 1. The molecule has 0 unspecified atom stereocenters. The number of aryl methyl sites for hydroxylation is 1. The molecule has 2 heterocycles. The van der Waals surface area contributed by atoms with Crippen LogP contribution in [0.4, 0.5) is 5.82 Å². The van der Waals surface area contributed by atoms with Crippen LogP contribution in [0.2, 0.25) is 0 Å². The number of hydrogen-bond donors (Lipinski definition) is 2. The Kier molecular flexibility index (Phi) is 3.44. The Morgan fingerprint density at radius 1 is 1.17 bits per heavy atom. The van der Waals surface area contributed by atoms with Crippen molar-refractivity contribution in [1.82, 2.24) is 9.88 Å². The lowest BCUT2D eigenvalue weighted by molar-refractivity contribution is 0.0599. The summed E-state index contributed by atoms with van der Waals surface area (Å²) >= 11 is 0. The molecule has 1 aromatic heterocycles. The van der Waals surface area contributed by atoms with Gasteiger partial charge in [0.25, 0.3) is 17.4 Å². The van der Waals surface area contributed by atoms with Crippen molar-refractivity contribution < 1.29 is 19.1 Å². The summed E-state index contributed by atoms with van der Waals surface area (Å²) in [7, 11) is 1.25. The van der Waals surface area contributed by atoms with Crippen molar-refractivity contribution in [3.05, 3.63) is 56.9 Å². The number of aromatic nitrogens is 1. The second-order valence-electron chi connectivity index (χ2n) is 5.27. The third-order valence-corrected chi connectivity index (χ3v) is 3.84. The molecule has 3 N–H and O–H groups in total. The summed E-state index contributed by atoms with van der Waals surface area (Å²) in [5, 5.41) is 2.09. The van der Waals surface area contributed by atoms with Crippen molar-refractivity contribution in [3.63, 3.8) is 0 Å². The number of imide groups is 1. The number of fused-ring (bicyclic) bond motifs is 1. The first-order valence-corrected chi connectivity index (χ1v) is 6.95. The number of carbonyl (C=O) groups excluding carboxylic acids is 3. The zero-order chi connectivity index (χ0) is 17.6. The van der Waals surface area contributed by atoms with Gasteiger partial charge >= 0.3 is 5.97 Å². The third-order valence-electron chi connectivity index (χ3n) is 3.84. The van der Waals surface area contributed by atoms with Crippen molar-refractivity contribution in [1.29, 1.82) is 0 Å². The number of nitrogen functional groups attached to an aromatic ring is 1. The number of esters is 1. The molecule has 8 nitrogen and oxygen atoms in total. The second-order valence-corrected chi connectivity index (χ2v) is 5.27. The molecular weight excluding hydrogens is 314 g/mol. The van der Waals surface area contributed by atoms with Crippen molar-refractivity contribution in [3.8, 4) is 5.69 Å². The van der Waals surface area contributed by atoms with Crippen LogP contribution in [0.5, 0.6) is 0 Å². The molecule has 0 saturated heterocycles. The molecule has 0 saturated carbocycles. The first-order chi connectivity index (χ1) is 11.3. The van der Waals surface area contributed by atoms with E-state index in [1.54, 1.807) is 19.1 Å². The number of methoxy groups -OCH3 is 1. The maximum Gasteiger partial charge on any atom is 0.338 e. The summed E-state index contributed by atoms with van der Waals surface area (Å²) in [6.45, 7) is 1.72. The monoisotopic (exact) mass is 327 g/mol. The Morgan fingerprint density at radius 2 is 1.88 bits per heavy atom. The van der Waals surface area contributed by atoms with Gasteiger partial charge in [-0.2, -0.15) is 0 Å². The van der Waals surface area contributed by atoms with Crippen LogP contribution in [-0.2, 0) is 4.74 Å². The van der Waals surface area contributed by atoms with Crippen LogP contribution in [0.3, 0.4) is 0 Å². The van der Waals surface area contributed by atoms with E-state index < -0.39 is 23.3 Å². The van der Waals surface area contributed by atoms with E-state index in [0.29, 0.717) is 11.3 Å². The Balaban J connectivity index is 2.27. The zero-order valence-electron chi connectivity index (χ0n) is 12.9. The molecule has 1 aliphatic rings. The van der Waals surface area contributed by atoms with Crippen LogP contribution in [0.15, 0.2) is 29.1 Å². The summed E-state index contributed by atoms with van der Waals surface area (Å²) in [6.07, 6.45) is 0. The number of carbonyl (C=O) groups is 3. The van der Waals surface area contributed by atoms with E-state index in [9.17, 15) is 19.2 Å². The Labute approximate surface area is 135 Å². The van der Waals surface area contributed by atoms with Crippen LogP contribution in [0.25, 0.3) is 5.69 Å². The van der Waals surface area contributed by atoms with Gasteiger partial charge in [0.1, 0.15) is 5.82 Å². The molecule has 0 fully saturated rings. The molecule has 1 aromatic carbocycles. The zero-order valence-corrected chi connectivity index (χ0v) is 12.9. The number of rotatable bonds is 2. The van der Waals surface area contributed by atoms with Gasteiger partial charge in [-0.05, 0) is 24.6 Å². The number of nitrogens with two attached hydrogens (primary N) is 1. The number of nitrogens with one attached hydrogen (secondary N) is 1. The normalized spacial score (nSPS) is 12.8. The van der Waals surface area contributed by atoms with Crippen molar-refractivity contribution in [2.24, 2.45) is 0 Å². The molecule has 0 aliphatic carbocycles. The van der Waals surface area contributed by atoms with Crippen LogP contribution in [-0.4, -0.2) is 29.5 Å². The van der Waals surface area contributed by atoms with Crippen LogP contribution < -0.4 is 16.6 Å². The van der Waals surface area contributed by atoms with Gasteiger partial charge in [0.2, 0.25) is 0 Å². The lowest BCUT2D eigenvalue weighted by atomic mass is 10.1. The van der Waals surface area contributed by atoms with Gasteiger partial charge in [0.05, 0.1) is 29.5 Å². The summed E-state index contributed by atoms with van der Waals surface area (Å²) in [6, 6.07) is 5.70. The van der Waals surface area contributed by atoms with Crippen molar-refractivity contribution in [2.45, 2.75) is 6.92 Å². The van der Waals surface area contributed by atoms with E-state index in [2.05, 4.69) is 5.32 Å². The van der Waals surface area contributed by atoms with E-state index in [1.807, 2.05) is 0 Å². The number of nitrogens with zero attached hydrogens (tertiary/aromatic N) is 1. The highest BCUT2D eigenvalue weighted by Crippen LogP contribution is 2.24. The molecule has 1 aliphatic heterocycles. The minimum absolute atomic E-state index is 0.0557. The molecule has 0 spiro atoms. The van der Waals surface area contributed by atoms with Gasteiger partial charge < -0.3 is 10.5 Å². The first kappa shape index (κ1) is 15.5. The quantitative estimate of drug-likeness (QED) is 0.608. The Morgan fingerprint density at radius 3 is 2.54 bits per heavy atom. The van der Waals surface area contributed by atoms with E-state index in [1.165, 1.54) is 13.2 Å². The number of amides is 2. The average Bonchev–Trinajstić information content (AvgIpc) is 2.82.